The number of rotatable bonds is 5. The van der Waals surface area contributed by atoms with E-state index in [4.69, 9.17) is 10.3 Å². The molecule has 0 saturated carbocycles. The van der Waals surface area contributed by atoms with Crippen LogP contribution >= 0.6 is 0 Å². The van der Waals surface area contributed by atoms with Gasteiger partial charge in [-0.25, -0.2) is 0 Å². The lowest BCUT2D eigenvalue weighted by atomic mass is 10.2. The third kappa shape index (κ3) is 2.92. The highest BCUT2D eigenvalue weighted by Gasteiger charge is 2.17. The number of carbonyl (C=O) groups is 1. The summed E-state index contributed by atoms with van der Waals surface area (Å²) in [4.78, 5) is 14.6. The largest absolute Gasteiger partial charge is 0.383 e. The molecule has 6 nitrogen and oxygen atoms in total. The van der Waals surface area contributed by atoms with Crippen molar-refractivity contribution in [2.45, 2.75) is 12.5 Å². The van der Waals surface area contributed by atoms with Crippen LogP contribution in [0.4, 0.5) is 0 Å². The molecule has 0 aliphatic carbocycles. The Morgan fingerprint density at radius 3 is 2.83 bits per heavy atom. The minimum atomic E-state index is -1.09. The maximum Gasteiger partial charge on any atom is 0.256 e. The third-order valence-electron chi connectivity index (χ3n) is 2.27. The number of aliphatic hydroxyl groups is 1. The van der Waals surface area contributed by atoms with E-state index in [1.54, 1.807) is 0 Å². The predicted octanol–water partition coefficient (Wildman–Crippen LogP) is 0.850. The Morgan fingerprint density at radius 2 is 2.17 bits per heavy atom. The summed E-state index contributed by atoms with van der Waals surface area (Å²) in [5, 5.41) is 13.4. The van der Waals surface area contributed by atoms with E-state index < -0.39 is 12.0 Å². The topological polar surface area (TPSA) is 102 Å². The van der Waals surface area contributed by atoms with E-state index >= 15 is 0 Å². The number of aliphatic hydroxyl groups excluding tert-OH is 1. The van der Waals surface area contributed by atoms with E-state index in [9.17, 15) is 9.90 Å². The van der Waals surface area contributed by atoms with Gasteiger partial charge in [0.15, 0.2) is 0 Å². The Labute approximate surface area is 103 Å². The Kier molecular flexibility index (Phi) is 3.69. The lowest BCUT2D eigenvalue weighted by molar-refractivity contribution is -0.117. The van der Waals surface area contributed by atoms with Gasteiger partial charge >= 0.3 is 0 Å². The summed E-state index contributed by atoms with van der Waals surface area (Å²) >= 11 is 0. The van der Waals surface area contributed by atoms with E-state index in [-0.39, 0.29) is 12.3 Å². The molecule has 1 radical (unpaired) electrons. The van der Waals surface area contributed by atoms with Gasteiger partial charge in [0, 0.05) is 18.4 Å². The van der Waals surface area contributed by atoms with Crippen LogP contribution in [0.2, 0.25) is 0 Å². The number of amides is 1. The van der Waals surface area contributed by atoms with Crippen LogP contribution in [0.15, 0.2) is 34.9 Å². The molecular formula is C12H12N3O3. The zero-order chi connectivity index (χ0) is 13.0. The van der Waals surface area contributed by atoms with Gasteiger partial charge in [-0.2, -0.15) is 4.98 Å². The van der Waals surface area contributed by atoms with E-state index in [0.29, 0.717) is 5.82 Å². The molecule has 1 aromatic carbocycles. The molecule has 2 aromatic rings. The van der Waals surface area contributed by atoms with E-state index in [0.717, 1.165) is 5.56 Å². The number of hydrogen-bond donors (Lipinski definition) is 2. The normalized spacial score (nSPS) is 12.3. The van der Waals surface area contributed by atoms with Crippen molar-refractivity contribution < 1.29 is 14.4 Å². The second-order valence-electron chi connectivity index (χ2n) is 3.67. The van der Waals surface area contributed by atoms with E-state index in [1.807, 2.05) is 30.3 Å². The zero-order valence-corrected chi connectivity index (χ0v) is 9.48. The minimum absolute atomic E-state index is 0.0371. The first-order chi connectivity index (χ1) is 8.66. The highest BCUT2D eigenvalue weighted by atomic mass is 16.5. The Balaban J connectivity index is 2.08. The number of hydrogen-bond acceptors (Lipinski definition) is 5. The van der Waals surface area contributed by atoms with Crippen LogP contribution < -0.4 is 5.73 Å². The van der Waals surface area contributed by atoms with Crippen LogP contribution in [0.3, 0.4) is 0 Å². The summed E-state index contributed by atoms with van der Waals surface area (Å²) in [6, 6.07) is 9.23. The van der Waals surface area contributed by atoms with Gasteiger partial charge < -0.3 is 15.4 Å². The number of carbonyl (C=O) groups excluding carboxylic acids is 1. The first-order valence-corrected chi connectivity index (χ1v) is 5.35. The Bertz CT molecular complexity index is 524. The first kappa shape index (κ1) is 12.3. The molecule has 0 saturated heterocycles. The lowest BCUT2D eigenvalue weighted by Crippen LogP contribution is -2.12. The molecule has 0 bridgehead atoms. The lowest BCUT2D eigenvalue weighted by Gasteiger charge is -2.01. The van der Waals surface area contributed by atoms with Crippen molar-refractivity contribution in [3.63, 3.8) is 0 Å². The van der Waals surface area contributed by atoms with Crippen molar-refractivity contribution in [3.05, 3.63) is 42.6 Å². The van der Waals surface area contributed by atoms with Crippen LogP contribution in [0.25, 0.3) is 11.4 Å². The van der Waals surface area contributed by atoms with Crippen molar-refractivity contribution in [2.24, 2.45) is 5.73 Å². The zero-order valence-electron chi connectivity index (χ0n) is 9.48. The van der Waals surface area contributed by atoms with Gasteiger partial charge in [-0.05, 0) is 0 Å². The summed E-state index contributed by atoms with van der Waals surface area (Å²) in [5.41, 5.74) is 5.75. The van der Waals surface area contributed by atoms with Gasteiger partial charge in [-0.1, -0.05) is 35.5 Å². The number of benzene rings is 1. The van der Waals surface area contributed by atoms with Gasteiger partial charge in [0.05, 0.1) is 0 Å². The Hall–Kier alpha value is -2.21. The van der Waals surface area contributed by atoms with Gasteiger partial charge in [-0.3, -0.25) is 4.79 Å². The molecule has 1 heterocycles. The molecule has 1 aromatic heterocycles. The highest BCUT2D eigenvalue weighted by molar-refractivity contribution is 5.74. The molecular weight excluding hydrogens is 234 g/mol. The molecule has 6 heteroatoms. The molecule has 1 atom stereocenters. The second-order valence-corrected chi connectivity index (χ2v) is 3.67. The summed E-state index contributed by atoms with van der Waals surface area (Å²) in [7, 11) is 0. The quantitative estimate of drug-likeness (QED) is 0.814. The van der Waals surface area contributed by atoms with E-state index in [1.165, 1.54) is 6.42 Å². The molecule has 2 rings (SSSR count). The van der Waals surface area contributed by atoms with Gasteiger partial charge in [0.2, 0.25) is 11.7 Å². The highest BCUT2D eigenvalue weighted by Crippen LogP contribution is 2.20. The first-order valence-electron chi connectivity index (χ1n) is 5.35. The molecule has 3 N–H and O–H groups in total. The second kappa shape index (κ2) is 5.42. The van der Waals surface area contributed by atoms with Gasteiger partial charge in [0.1, 0.15) is 6.10 Å². The average molecular weight is 246 g/mol. The van der Waals surface area contributed by atoms with Crippen LogP contribution in [0, 0.1) is 6.42 Å². The minimum Gasteiger partial charge on any atom is -0.383 e. The van der Waals surface area contributed by atoms with Crippen LogP contribution in [0.1, 0.15) is 18.4 Å². The fourth-order valence-corrected chi connectivity index (χ4v) is 1.39. The summed E-state index contributed by atoms with van der Waals surface area (Å²) in [5.74, 6) is -0.107. The fourth-order valence-electron chi connectivity index (χ4n) is 1.39. The van der Waals surface area contributed by atoms with Gasteiger partial charge in [0.25, 0.3) is 5.89 Å². The van der Waals surface area contributed by atoms with Crippen LogP contribution in [0.5, 0.6) is 0 Å². The standard InChI is InChI=1S/C12H12N3O3/c13-10(17)7-6-9(16)12-14-11(15-18-12)8-4-2-1-3-5-8/h1-6,9,16H,7H2,(H2,13,17)/t9-/m1/s1. The van der Waals surface area contributed by atoms with E-state index in [2.05, 4.69) is 10.1 Å². The average Bonchev–Trinajstić information content (AvgIpc) is 2.86. The molecule has 0 spiro atoms. The molecule has 0 aliphatic heterocycles. The summed E-state index contributed by atoms with van der Waals surface area (Å²) in [6.45, 7) is 0. The third-order valence-corrected chi connectivity index (χ3v) is 2.27. The maximum absolute atomic E-state index is 10.6. The monoisotopic (exact) mass is 246 g/mol. The molecule has 1 amide bonds. The van der Waals surface area contributed by atoms with Crippen molar-refractivity contribution in [3.8, 4) is 11.4 Å². The molecule has 0 aliphatic rings. The smallest absolute Gasteiger partial charge is 0.256 e. The van der Waals surface area contributed by atoms with Crippen molar-refractivity contribution in [2.75, 3.05) is 0 Å². The number of nitrogens with zero attached hydrogens (tertiary/aromatic N) is 2. The molecule has 0 fully saturated rings. The summed E-state index contributed by atoms with van der Waals surface area (Å²) in [6.07, 6.45) is 0.164. The SMILES string of the molecule is NC(=O)C[CH][C@@H](O)c1nc(-c2ccccc2)no1. The number of aromatic nitrogens is 2. The molecule has 0 unspecified atom stereocenters. The number of nitrogens with two attached hydrogens (primary N) is 1. The maximum atomic E-state index is 10.6. The van der Waals surface area contributed by atoms with Crippen molar-refractivity contribution in [1.82, 2.24) is 10.1 Å². The molecule has 93 valence electrons. The fraction of sp³-hybridized carbons (Fsp3) is 0.167. The van der Waals surface area contributed by atoms with Crippen molar-refractivity contribution >= 4 is 5.91 Å². The van der Waals surface area contributed by atoms with Crippen LogP contribution in [-0.4, -0.2) is 21.2 Å². The van der Waals surface area contributed by atoms with Crippen molar-refractivity contribution in [1.29, 1.82) is 0 Å². The number of primary amides is 1. The summed E-state index contributed by atoms with van der Waals surface area (Å²) < 4.78 is 4.92. The van der Waals surface area contributed by atoms with Crippen LogP contribution in [-0.2, 0) is 4.79 Å². The molecule has 18 heavy (non-hydrogen) atoms. The predicted molar refractivity (Wildman–Crippen MR) is 62.8 cm³/mol. The Morgan fingerprint density at radius 1 is 1.44 bits per heavy atom. The van der Waals surface area contributed by atoms with Gasteiger partial charge in [-0.15, -0.1) is 0 Å².